The van der Waals surface area contributed by atoms with Gasteiger partial charge in [0.1, 0.15) is 0 Å². The second-order valence-electron chi connectivity index (χ2n) is 3.90. The third-order valence-corrected chi connectivity index (χ3v) is 3.28. The minimum Gasteiger partial charge on any atom is -0.375 e. The van der Waals surface area contributed by atoms with E-state index in [1.54, 1.807) is 0 Å². The van der Waals surface area contributed by atoms with Gasteiger partial charge in [-0.25, -0.2) is 0 Å². The fourth-order valence-electron chi connectivity index (χ4n) is 1.83. The highest BCUT2D eigenvalue weighted by Gasteiger charge is 2.19. The summed E-state index contributed by atoms with van der Waals surface area (Å²) in [6.45, 7) is 3.82. The second kappa shape index (κ2) is 5.09. The molecule has 4 nitrogen and oxygen atoms in total. The molecule has 15 heavy (non-hydrogen) atoms. The molecule has 0 aliphatic carbocycles. The lowest BCUT2D eigenvalue weighted by atomic mass is 10.2. The molecule has 2 heterocycles. The Morgan fingerprint density at radius 2 is 2.53 bits per heavy atom. The zero-order chi connectivity index (χ0) is 10.7. The van der Waals surface area contributed by atoms with Crippen LogP contribution < -0.4 is 0 Å². The maximum absolute atomic E-state index is 5.59. The zero-order valence-corrected chi connectivity index (χ0v) is 10.5. The SMILES string of the molecule is Cn1cc(CN2CCOC(CBr)C2)cn1. The molecular weight excluding hydrogens is 258 g/mol. The van der Waals surface area contributed by atoms with Gasteiger partial charge in [-0.05, 0) is 0 Å². The molecule has 1 aliphatic heterocycles. The predicted octanol–water partition coefficient (Wildman–Crippen LogP) is 1.02. The molecule has 1 atom stereocenters. The zero-order valence-electron chi connectivity index (χ0n) is 8.90. The number of nitrogens with zero attached hydrogens (tertiary/aromatic N) is 3. The lowest BCUT2D eigenvalue weighted by Crippen LogP contribution is -2.42. The van der Waals surface area contributed by atoms with E-state index in [0.717, 1.165) is 31.6 Å². The first-order valence-corrected chi connectivity index (χ1v) is 6.27. The second-order valence-corrected chi connectivity index (χ2v) is 4.55. The monoisotopic (exact) mass is 273 g/mol. The number of morpholine rings is 1. The number of aryl methyl sites for hydroxylation is 1. The minimum atomic E-state index is 0.329. The van der Waals surface area contributed by atoms with Crippen molar-refractivity contribution in [1.82, 2.24) is 14.7 Å². The maximum atomic E-state index is 5.59. The summed E-state index contributed by atoms with van der Waals surface area (Å²) < 4.78 is 7.44. The normalized spacial score (nSPS) is 23.2. The first kappa shape index (κ1) is 11.1. The van der Waals surface area contributed by atoms with Crippen LogP contribution in [0.4, 0.5) is 0 Å². The lowest BCUT2D eigenvalue weighted by Gasteiger charge is -2.31. The minimum absolute atomic E-state index is 0.329. The van der Waals surface area contributed by atoms with Gasteiger partial charge in [0.2, 0.25) is 0 Å². The summed E-state index contributed by atoms with van der Waals surface area (Å²) in [6.07, 6.45) is 4.33. The Balaban J connectivity index is 1.88. The van der Waals surface area contributed by atoms with Crippen molar-refractivity contribution in [2.75, 3.05) is 25.0 Å². The van der Waals surface area contributed by atoms with E-state index in [9.17, 15) is 0 Å². The first-order chi connectivity index (χ1) is 7.28. The fraction of sp³-hybridized carbons (Fsp3) is 0.700. The van der Waals surface area contributed by atoms with Crippen molar-refractivity contribution in [2.45, 2.75) is 12.6 Å². The van der Waals surface area contributed by atoms with Crippen LogP contribution in [0.15, 0.2) is 12.4 Å². The van der Waals surface area contributed by atoms with Gasteiger partial charge in [0.25, 0.3) is 0 Å². The molecule has 0 spiro atoms. The van der Waals surface area contributed by atoms with Crippen LogP contribution in [0.3, 0.4) is 0 Å². The average molecular weight is 274 g/mol. The summed E-state index contributed by atoms with van der Waals surface area (Å²) in [7, 11) is 1.95. The molecule has 5 heteroatoms. The molecule has 1 aliphatic rings. The van der Waals surface area contributed by atoms with Gasteiger partial charge in [0.15, 0.2) is 0 Å². The van der Waals surface area contributed by atoms with Crippen molar-refractivity contribution < 1.29 is 4.74 Å². The summed E-state index contributed by atoms with van der Waals surface area (Å²) in [6, 6.07) is 0. The van der Waals surface area contributed by atoms with E-state index in [1.807, 2.05) is 17.9 Å². The topological polar surface area (TPSA) is 30.3 Å². The molecule has 0 N–H and O–H groups in total. The van der Waals surface area contributed by atoms with Crippen molar-refractivity contribution in [3.05, 3.63) is 18.0 Å². The summed E-state index contributed by atoms with van der Waals surface area (Å²) in [5.41, 5.74) is 1.27. The van der Waals surface area contributed by atoms with Crippen LogP contribution in [0.1, 0.15) is 5.56 Å². The van der Waals surface area contributed by atoms with Crippen LogP contribution in [0.25, 0.3) is 0 Å². The molecule has 84 valence electrons. The van der Waals surface area contributed by atoms with Crippen molar-refractivity contribution in [3.8, 4) is 0 Å². The number of hydrogen-bond donors (Lipinski definition) is 0. The number of rotatable bonds is 3. The summed E-state index contributed by atoms with van der Waals surface area (Å²) in [5, 5.41) is 5.08. The summed E-state index contributed by atoms with van der Waals surface area (Å²) >= 11 is 3.46. The Morgan fingerprint density at radius 1 is 1.67 bits per heavy atom. The highest BCUT2D eigenvalue weighted by molar-refractivity contribution is 9.09. The molecule has 1 aromatic heterocycles. The molecule has 0 bridgehead atoms. The van der Waals surface area contributed by atoms with Gasteiger partial charge >= 0.3 is 0 Å². The third-order valence-electron chi connectivity index (χ3n) is 2.56. The van der Waals surface area contributed by atoms with Crippen molar-refractivity contribution in [3.63, 3.8) is 0 Å². The number of aromatic nitrogens is 2. The van der Waals surface area contributed by atoms with Crippen molar-refractivity contribution in [1.29, 1.82) is 0 Å². The summed E-state index contributed by atoms with van der Waals surface area (Å²) in [5.74, 6) is 0. The highest BCUT2D eigenvalue weighted by atomic mass is 79.9. The molecule has 0 amide bonds. The molecule has 0 saturated carbocycles. The van der Waals surface area contributed by atoms with E-state index in [-0.39, 0.29) is 0 Å². The molecule has 2 rings (SSSR count). The highest BCUT2D eigenvalue weighted by Crippen LogP contribution is 2.11. The molecule has 0 radical (unpaired) electrons. The van der Waals surface area contributed by atoms with E-state index in [4.69, 9.17) is 4.74 Å². The number of alkyl halides is 1. The Labute approximate surface area is 98.3 Å². The summed E-state index contributed by atoms with van der Waals surface area (Å²) in [4.78, 5) is 2.41. The number of halogens is 1. The van der Waals surface area contributed by atoms with Gasteiger partial charge in [-0.15, -0.1) is 0 Å². The smallest absolute Gasteiger partial charge is 0.0799 e. The van der Waals surface area contributed by atoms with Gasteiger partial charge < -0.3 is 4.74 Å². The van der Waals surface area contributed by atoms with Crippen LogP contribution in [0.2, 0.25) is 0 Å². The first-order valence-electron chi connectivity index (χ1n) is 5.15. The lowest BCUT2D eigenvalue weighted by molar-refractivity contribution is -0.0181. The van der Waals surface area contributed by atoms with Gasteiger partial charge in [0.05, 0.1) is 18.9 Å². The number of ether oxygens (including phenoxy) is 1. The van der Waals surface area contributed by atoms with Gasteiger partial charge in [-0.3, -0.25) is 9.58 Å². The molecule has 1 unspecified atom stereocenters. The van der Waals surface area contributed by atoms with E-state index < -0.39 is 0 Å². The molecule has 1 saturated heterocycles. The van der Waals surface area contributed by atoms with Crippen LogP contribution in [-0.2, 0) is 18.3 Å². The quantitative estimate of drug-likeness (QED) is 0.771. The van der Waals surface area contributed by atoms with Crippen LogP contribution in [0, 0.1) is 0 Å². The Bertz CT molecular complexity index is 315. The molecule has 1 fully saturated rings. The largest absolute Gasteiger partial charge is 0.375 e. The Morgan fingerprint density at radius 3 is 3.20 bits per heavy atom. The Kier molecular flexibility index (Phi) is 3.77. The van der Waals surface area contributed by atoms with E-state index in [0.29, 0.717) is 6.10 Å². The molecular formula is C10H16BrN3O. The van der Waals surface area contributed by atoms with E-state index in [1.165, 1.54) is 5.56 Å². The number of hydrogen-bond acceptors (Lipinski definition) is 3. The van der Waals surface area contributed by atoms with E-state index in [2.05, 4.69) is 32.1 Å². The Hall–Kier alpha value is -0.390. The maximum Gasteiger partial charge on any atom is 0.0799 e. The van der Waals surface area contributed by atoms with Gasteiger partial charge in [-0.2, -0.15) is 5.10 Å². The van der Waals surface area contributed by atoms with E-state index >= 15 is 0 Å². The average Bonchev–Trinajstić information content (AvgIpc) is 2.64. The van der Waals surface area contributed by atoms with Crippen molar-refractivity contribution in [2.24, 2.45) is 7.05 Å². The predicted molar refractivity (Wildman–Crippen MR) is 62.0 cm³/mol. The molecule has 1 aromatic rings. The van der Waals surface area contributed by atoms with Crippen LogP contribution in [-0.4, -0.2) is 45.8 Å². The van der Waals surface area contributed by atoms with Crippen LogP contribution >= 0.6 is 15.9 Å². The third kappa shape index (κ3) is 3.03. The molecule has 0 aromatic carbocycles. The fourth-order valence-corrected chi connectivity index (χ4v) is 2.22. The van der Waals surface area contributed by atoms with Crippen molar-refractivity contribution >= 4 is 15.9 Å². The standard InChI is InChI=1S/C10H16BrN3O/c1-13-6-9(5-12-13)7-14-2-3-15-10(4-11)8-14/h5-6,10H,2-4,7-8H2,1H3. The van der Waals surface area contributed by atoms with Crippen LogP contribution in [0.5, 0.6) is 0 Å². The van der Waals surface area contributed by atoms with Gasteiger partial charge in [-0.1, -0.05) is 15.9 Å². The van der Waals surface area contributed by atoms with Gasteiger partial charge in [0, 0.05) is 43.8 Å².